The van der Waals surface area contributed by atoms with Crippen molar-refractivity contribution in [2.75, 3.05) is 17.8 Å². The lowest BCUT2D eigenvalue weighted by molar-refractivity contribution is -0.141. The molecule has 2 amide bonds. The summed E-state index contributed by atoms with van der Waals surface area (Å²) in [5.74, 6) is -1.99. The van der Waals surface area contributed by atoms with Gasteiger partial charge in [0.2, 0.25) is 11.8 Å². The van der Waals surface area contributed by atoms with E-state index in [-0.39, 0.29) is 5.75 Å². The first-order chi connectivity index (χ1) is 10.2. The number of amides is 2. The van der Waals surface area contributed by atoms with Gasteiger partial charge in [0, 0.05) is 5.75 Å². The molecule has 0 aliphatic rings. The van der Waals surface area contributed by atoms with Crippen molar-refractivity contribution in [1.29, 1.82) is 0 Å². The maximum atomic E-state index is 12.1. The van der Waals surface area contributed by atoms with Crippen molar-refractivity contribution in [3.8, 4) is 0 Å². The molecule has 4 atom stereocenters. The number of aliphatic carboxylic acids is 1. The number of nitrogens with two attached hydrogens (primary N) is 1. The van der Waals surface area contributed by atoms with E-state index in [4.69, 9.17) is 10.8 Å². The third kappa shape index (κ3) is 7.34. The van der Waals surface area contributed by atoms with Gasteiger partial charge in [-0.2, -0.15) is 24.4 Å². The zero-order valence-electron chi connectivity index (χ0n) is 12.5. The highest BCUT2D eigenvalue weighted by Gasteiger charge is 2.28. The average molecular weight is 353 g/mol. The second kappa shape index (κ2) is 10.7. The highest BCUT2D eigenvalue weighted by Crippen LogP contribution is 2.03. The molecule has 0 radical (unpaired) electrons. The van der Waals surface area contributed by atoms with Gasteiger partial charge < -0.3 is 26.6 Å². The predicted octanol–water partition coefficient (Wildman–Crippen LogP) is -1.57. The van der Waals surface area contributed by atoms with Gasteiger partial charge in [-0.15, -0.1) is 0 Å². The van der Waals surface area contributed by atoms with Crippen molar-refractivity contribution in [3.05, 3.63) is 0 Å². The van der Waals surface area contributed by atoms with E-state index in [0.717, 1.165) is 0 Å². The normalized spacial score (nSPS) is 16.2. The van der Waals surface area contributed by atoms with Crippen molar-refractivity contribution >= 4 is 42.2 Å². The predicted molar refractivity (Wildman–Crippen MR) is 88.0 cm³/mol. The Labute approximate surface area is 139 Å². The van der Waals surface area contributed by atoms with Gasteiger partial charge in [-0.05, 0) is 25.4 Å². The van der Waals surface area contributed by atoms with Gasteiger partial charge in [0.25, 0.3) is 0 Å². The lowest BCUT2D eigenvalue weighted by atomic mass is 10.1. The van der Waals surface area contributed by atoms with Crippen LogP contribution in [0, 0.1) is 0 Å². The maximum absolute atomic E-state index is 12.1. The molecule has 0 heterocycles. The quantitative estimate of drug-likeness (QED) is 0.261. The van der Waals surface area contributed by atoms with Crippen LogP contribution < -0.4 is 16.4 Å². The van der Waals surface area contributed by atoms with Crippen molar-refractivity contribution in [1.82, 2.24) is 10.6 Å². The van der Waals surface area contributed by atoms with Crippen LogP contribution >= 0.6 is 24.4 Å². The van der Waals surface area contributed by atoms with Gasteiger partial charge >= 0.3 is 5.97 Å². The molecule has 0 fully saturated rings. The van der Waals surface area contributed by atoms with Gasteiger partial charge in [-0.1, -0.05) is 0 Å². The molecule has 0 aromatic carbocycles. The molecule has 0 aromatic heterocycles. The second-order valence-electron chi connectivity index (χ2n) is 4.69. The summed E-state index contributed by atoms with van der Waals surface area (Å²) in [6, 6.07) is -3.23. The molecule has 8 nitrogen and oxygen atoms in total. The van der Waals surface area contributed by atoms with Gasteiger partial charge in [-0.25, -0.2) is 4.79 Å². The summed E-state index contributed by atoms with van der Waals surface area (Å²) in [5, 5.41) is 23.0. The van der Waals surface area contributed by atoms with E-state index in [1.807, 2.05) is 6.26 Å². The molecule has 6 N–H and O–H groups in total. The van der Waals surface area contributed by atoms with E-state index in [0.29, 0.717) is 12.2 Å². The van der Waals surface area contributed by atoms with Crippen LogP contribution in [-0.2, 0) is 14.4 Å². The van der Waals surface area contributed by atoms with Gasteiger partial charge in [0.05, 0.1) is 6.10 Å². The fourth-order valence-electron chi connectivity index (χ4n) is 1.45. The highest BCUT2D eigenvalue weighted by molar-refractivity contribution is 7.98. The summed E-state index contributed by atoms with van der Waals surface area (Å²) in [6.45, 7) is 1.36. The number of carbonyl (C=O) groups is 3. The first-order valence-corrected chi connectivity index (χ1v) is 8.64. The van der Waals surface area contributed by atoms with E-state index in [2.05, 4.69) is 23.3 Å². The molecule has 0 rings (SSSR count). The number of hydrogen-bond donors (Lipinski definition) is 6. The minimum Gasteiger partial charge on any atom is -0.480 e. The topological polar surface area (TPSA) is 142 Å². The molecule has 0 aliphatic heterocycles. The van der Waals surface area contributed by atoms with Crippen molar-refractivity contribution in [3.63, 3.8) is 0 Å². The van der Waals surface area contributed by atoms with Crippen molar-refractivity contribution in [2.45, 2.75) is 37.6 Å². The molecule has 128 valence electrons. The smallest absolute Gasteiger partial charge is 0.327 e. The monoisotopic (exact) mass is 353 g/mol. The first kappa shape index (κ1) is 21.0. The number of carboxylic acid groups (broad SMARTS) is 1. The summed E-state index contributed by atoms with van der Waals surface area (Å²) < 4.78 is 0. The number of thiol groups is 1. The van der Waals surface area contributed by atoms with Crippen molar-refractivity contribution in [2.24, 2.45) is 5.73 Å². The molecule has 0 spiro atoms. The number of thioether (sulfide) groups is 1. The fraction of sp³-hybridized carbons (Fsp3) is 0.750. The zero-order valence-corrected chi connectivity index (χ0v) is 14.2. The summed E-state index contributed by atoms with van der Waals surface area (Å²) in [5.41, 5.74) is 5.51. The molecule has 0 aliphatic carbocycles. The van der Waals surface area contributed by atoms with E-state index in [1.165, 1.54) is 18.7 Å². The van der Waals surface area contributed by atoms with Gasteiger partial charge in [0.15, 0.2) is 0 Å². The Morgan fingerprint density at radius 1 is 1.23 bits per heavy atom. The minimum atomic E-state index is -1.21. The molecule has 0 unspecified atom stereocenters. The van der Waals surface area contributed by atoms with Crippen LogP contribution in [0.15, 0.2) is 0 Å². The Hall–Kier alpha value is -0.970. The molecular formula is C12H23N3O5S2. The summed E-state index contributed by atoms with van der Waals surface area (Å²) in [7, 11) is 0. The Morgan fingerprint density at radius 2 is 1.77 bits per heavy atom. The average Bonchev–Trinajstić information content (AvgIpc) is 2.46. The van der Waals surface area contributed by atoms with Crippen LogP contribution in [0.5, 0.6) is 0 Å². The number of rotatable bonds is 10. The first-order valence-electron chi connectivity index (χ1n) is 6.61. The van der Waals surface area contributed by atoms with Crippen LogP contribution in [0.25, 0.3) is 0 Å². The number of hydrogen-bond acceptors (Lipinski definition) is 7. The van der Waals surface area contributed by atoms with E-state index in [9.17, 15) is 19.5 Å². The molecule has 10 heteroatoms. The van der Waals surface area contributed by atoms with Crippen LogP contribution in [0.3, 0.4) is 0 Å². The molecule has 0 aromatic rings. The number of carbonyl (C=O) groups excluding carboxylic acids is 2. The molecular weight excluding hydrogens is 330 g/mol. The summed E-state index contributed by atoms with van der Waals surface area (Å²) in [4.78, 5) is 34.9. The Balaban J connectivity index is 4.84. The standard InChI is InChI=1S/C12H23N3O5S2/c1-6(16)9(13)11(18)14-7(3-4-22-2)10(17)15-8(5-21)12(19)20/h6-9,16,21H,3-5,13H2,1-2H3,(H,14,18)(H,15,17)(H,19,20)/t6-,7+,8+,9+/m1/s1. The molecule has 0 bridgehead atoms. The summed E-state index contributed by atoms with van der Waals surface area (Å²) >= 11 is 5.33. The highest BCUT2D eigenvalue weighted by atomic mass is 32.2. The third-order valence-corrected chi connectivity index (χ3v) is 3.87. The molecule has 0 saturated carbocycles. The number of aliphatic hydroxyl groups excluding tert-OH is 1. The number of nitrogens with one attached hydrogen (secondary N) is 2. The maximum Gasteiger partial charge on any atom is 0.327 e. The number of aliphatic hydroxyl groups is 1. The van der Waals surface area contributed by atoms with E-state index in [1.54, 1.807) is 0 Å². The van der Waals surface area contributed by atoms with Gasteiger partial charge in [-0.3, -0.25) is 9.59 Å². The Kier molecular flexibility index (Phi) is 10.2. The largest absolute Gasteiger partial charge is 0.480 e. The SMILES string of the molecule is CSCC[C@H](NC(=O)[C@@H](N)[C@@H](C)O)C(=O)N[C@@H](CS)C(=O)O. The fourth-order valence-corrected chi connectivity index (χ4v) is 2.17. The third-order valence-electron chi connectivity index (χ3n) is 2.86. The van der Waals surface area contributed by atoms with Gasteiger partial charge in [0.1, 0.15) is 18.1 Å². The summed E-state index contributed by atoms with van der Waals surface area (Å²) in [6.07, 6.45) is 1.09. The Bertz CT molecular complexity index is 395. The van der Waals surface area contributed by atoms with E-state index >= 15 is 0 Å². The van der Waals surface area contributed by atoms with Crippen LogP contribution in [-0.4, -0.2) is 70.0 Å². The Morgan fingerprint density at radius 3 is 2.18 bits per heavy atom. The van der Waals surface area contributed by atoms with Crippen LogP contribution in [0.2, 0.25) is 0 Å². The number of carboxylic acids is 1. The minimum absolute atomic E-state index is 0.0720. The van der Waals surface area contributed by atoms with Crippen molar-refractivity contribution < 1.29 is 24.6 Å². The van der Waals surface area contributed by atoms with Crippen LogP contribution in [0.1, 0.15) is 13.3 Å². The lowest BCUT2D eigenvalue weighted by Gasteiger charge is -2.23. The van der Waals surface area contributed by atoms with Crippen LogP contribution in [0.4, 0.5) is 0 Å². The molecule has 22 heavy (non-hydrogen) atoms. The zero-order chi connectivity index (χ0) is 17.3. The van der Waals surface area contributed by atoms with E-state index < -0.39 is 42.0 Å². The lowest BCUT2D eigenvalue weighted by Crippen LogP contribution is -2.56. The second-order valence-corrected chi connectivity index (χ2v) is 6.04. The molecule has 0 saturated heterocycles.